The summed E-state index contributed by atoms with van der Waals surface area (Å²) >= 11 is 0. The number of carboxylic acids is 1. The highest BCUT2D eigenvalue weighted by Gasteiger charge is 2.40. The molecule has 0 heterocycles. The van der Waals surface area contributed by atoms with Crippen LogP contribution in [0.15, 0.2) is 24.3 Å². The van der Waals surface area contributed by atoms with Gasteiger partial charge in [0.1, 0.15) is 0 Å². The van der Waals surface area contributed by atoms with Gasteiger partial charge in [-0.05, 0) is 13.3 Å². The molecule has 0 spiro atoms. The Bertz CT molecular complexity index is 469. The van der Waals surface area contributed by atoms with E-state index in [4.69, 9.17) is 5.11 Å². The molecule has 0 aromatic carbocycles. The number of alkyl halides is 7. The van der Waals surface area contributed by atoms with E-state index in [-0.39, 0.29) is 5.57 Å². The van der Waals surface area contributed by atoms with Gasteiger partial charge in [-0.3, -0.25) is 0 Å². The van der Waals surface area contributed by atoms with Crippen LogP contribution in [-0.4, -0.2) is 42.2 Å². The summed E-state index contributed by atoms with van der Waals surface area (Å²) in [5.41, 5.74) is -0.547. The SMILES string of the molecule is C=C(C)C(=O)OCC(F)(F)F.C=C(CCC(F)(F)C(F)F)C(=O)O. The van der Waals surface area contributed by atoms with Gasteiger partial charge < -0.3 is 9.84 Å². The van der Waals surface area contributed by atoms with Gasteiger partial charge in [0.15, 0.2) is 6.61 Å². The Balaban J connectivity index is 0. The van der Waals surface area contributed by atoms with Crippen molar-refractivity contribution in [3.63, 3.8) is 0 Å². The first kappa shape index (κ1) is 24.2. The Hall–Kier alpha value is -2.07. The molecule has 0 aliphatic heterocycles. The first-order valence-electron chi connectivity index (χ1n) is 6.06. The molecule has 0 bridgehead atoms. The number of halogens is 7. The first-order chi connectivity index (χ1) is 10.6. The van der Waals surface area contributed by atoms with Crippen molar-refractivity contribution >= 4 is 11.9 Å². The lowest BCUT2D eigenvalue weighted by Crippen LogP contribution is -2.26. The van der Waals surface area contributed by atoms with Crippen molar-refractivity contribution in [3.8, 4) is 0 Å². The molecule has 0 aromatic heterocycles. The van der Waals surface area contributed by atoms with E-state index in [2.05, 4.69) is 17.9 Å². The van der Waals surface area contributed by atoms with Gasteiger partial charge in [0.25, 0.3) is 0 Å². The van der Waals surface area contributed by atoms with E-state index < -0.39 is 55.5 Å². The molecule has 0 radical (unpaired) electrons. The van der Waals surface area contributed by atoms with Gasteiger partial charge in [-0.1, -0.05) is 13.2 Å². The maximum Gasteiger partial charge on any atom is 0.422 e. The second kappa shape index (κ2) is 9.93. The third-order valence-corrected chi connectivity index (χ3v) is 2.10. The number of ether oxygens (including phenoxy) is 1. The van der Waals surface area contributed by atoms with Crippen LogP contribution in [0.5, 0.6) is 0 Å². The van der Waals surface area contributed by atoms with E-state index in [1.165, 1.54) is 6.92 Å². The molecule has 24 heavy (non-hydrogen) atoms. The molecule has 0 aromatic rings. The molecular weight excluding hydrogens is 353 g/mol. The van der Waals surface area contributed by atoms with Crippen molar-refractivity contribution in [3.05, 3.63) is 24.3 Å². The summed E-state index contributed by atoms with van der Waals surface area (Å²) in [6, 6.07) is 0. The smallest absolute Gasteiger partial charge is 0.422 e. The van der Waals surface area contributed by atoms with Crippen molar-refractivity contribution in [1.29, 1.82) is 0 Å². The zero-order chi connectivity index (χ0) is 19.7. The lowest BCUT2D eigenvalue weighted by Gasteiger charge is -2.14. The molecule has 0 rings (SSSR count). The van der Waals surface area contributed by atoms with Crippen molar-refractivity contribution in [2.24, 2.45) is 0 Å². The summed E-state index contributed by atoms with van der Waals surface area (Å²) in [5, 5.41) is 8.19. The van der Waals surface area contributed by atoms with Gasteiger partial charge in [-0.25, -0.2) is 27.2 Å². The molecule has 0 atom stereocenters. The highest BCUT2D eigenvalue weighted by atomic mass is 19.4. The number of esters is 1. The minimum absolute atomic E-state index is 0.0470. The summed E-state index contributed by atoms with van der Waals surface area (Å²) in [6.45, 7) is 5.77. The van der Waals surface area contributed by atoms with Crippen LogP contribution in [0, 0.1) is 0 Å². The standard InChI is InChI=1S/C7H8F4O2.C6H7F3O2/c1-4(5(12)13)2-3-7(10,11)6(8)9;1-4(2)5(10)11-3-6(7,8)9/h6H,1-3H2,(H,12,13);1,3H2,2H3. The van der Waals surface area contributed by atoms with E-state index in [9.17, 15) is 40.3 Å². The Morgan fingerprint density at radius 2 is 1.58 bits per heavy atom. The van der Waals surface area contributed by atoms with Crippen LogP contribution < -0.4 is 0 Å². The highest BCUT2D eigenvalue weighted by molar-refractivity contribution is 5.87. The summed E-state index contributed by atoms with van der Waals surface area (Å²) in [6.07, 6.45) is -10.1. The number of aliphatic carboxylic acids is 1. The van der Waals surface area contributed by atoms with Gasteiger partial charge in [0.05, 0.1) is 0 Å². The van der Waals surface area contributed by atoms with E-state index >= 15 is 0 Å². The minimum Gasteiger partial charge on any atom is -0.478 e. The van der Waals surface area contributed by atoms with E-state index in [0.717, 1.165) is 0 Å². The van der Waals surface area contributed by atoms with Crippen LogP contribution in [0.25, 0.3) is 0 Å². The summed E-state index contributed by atoms with van der Waals surface area (Å²) in [5.74, 6) is -6.62. The van der Waals surface area contributed by atoms with Gasteiger partial charge in [-0.2, -0.15) is 13.2 Å². The quantitative estimate of drug-likeness (QED) is 0.420. The maximum absolute atomic E-state index is 12.2. The largest absolute Gasteiger partial charge is 0.478 e. The average Bonchev–Trinajstić information content (AvgIpc) is 2.41. The number of hydrogen-bond acceptors (Lipinski definition) is 3. The third-order valence-electron chi connectivity index (χ3n) is 2.10. The first-order valence-corrected chi connectivity index (χ1v) is 6.06. The second-order valence-electron chi connectivity index (χ2n) is 4.44. The van der Waals surface area contributed by atoms with Crippen LogP contribution in [-0.2, 0) is 14.3 Å². The van der Waals surface area contributed by atoms with Gasteiger partial charge in [0, 0.05) is 17.6 Å². The highest BCUT2D eigenvalue weighted by Crippen LogP contribution is 2.29. The van der Waals surface area contributed by atoms with Crippen LogP contribution >= 0.6 is 0 Å². The summed E-state index contributed by atoms with van der Waals surface area (Å²) < 4.78 is 85.4. The van der Waals surface area contributed by atoms with E-state index in [1.807, 2.05) is 0 Å². The molecule has 0 unspecified atom stereocenters. The van der Waals surface area contributed by atoms with Crippen LogP contribution in [0.2, 0.25) is 0 Å². The fraction of sp³-hybridized carbons (Fsp3) is 0.538. The van der Waals surface area contributed by atoms with Crippen LogP contribution in [0.3, 0.4) is 0 Å². The number of carbonyl (C=O) groups is 2. The molecule has 140 valence electrons. The number of rotatable bonds is 7. The van der Waals surface area contributed by atoms with Crippen molar-refractivity contribution in [2.75, 3.05) is 6.61 Å². The lowest BCUT2D eigenvalue weighted by molar-refractivity contribution is -0.183. The lowest BCUT2D eigenvalue weighted by atomic mass is 10.1. The molecule has 4 nitrogen and oxygen atoms in total. The summed E-state index contributed by atoms with van der Waals surface area (Å²) in [7, 11) is 0. The van der Waals surface area contributed by atoms with Gasteiger partial charge >= 0.3 is 30.5 Å². The Labute approximate surface area is 132 Å². The normalized spacial score (nSPS) is 11.4. The monoisotopic (exact) mass is 368 g/mol. The molecule has 11 heteroatoms. The maximum atomic E-state index is 12.2. The number of carbonyl (C=O) groups excluding carboxylic acids is 1. The Kier molecular flexibility index (Phi) is 10.0. The topological polar surface area (TPSA) is 63.6 Å². The molecule has 0 saturated carbocycles. The zero-order valence-corrected chi connectivity index (χ0v) is 12.4. The average molecular weight is 368 g/mol. The number of hydrogen-bond donors (Lipinski definition) is 1. The molecule has 0 aliphatic rings. The Morgan fingerprint density at radius 3 is 1.88 bits per heavy atom. The van der Waals surface area contributed by atoms with Crippen molar-refractivity contribution < 1.29 is 50.2 Å². The molecule has 0 amide bonds. The fourth-order valence-electron chi connectivity index (χ4n) is 0.804. The third kappa shape index (κ3) is 12.5. The predicted molar refractivity (Wildman–Crippen MR) is 68.8 cm³/mol. The Morgan fingerprint density at radius 1 is 1.12 bits per heavy atom. The van der Waals surface area contributed by atoms with Crippen molar-refractivity contribution in [1.82, 2.24) is 0 Å². The van der Waals surface area contributed by atoms with Crippen molar-refractivity contribution in [2.45, 2.75) is 38.3 Å². The second-order valence-corrected chi connectivity index (χ2v) is 4.44. The van der Waals surface area contributed by atoms with Gasteiger partial charge in [-0.15, -0.1) is 0 Å². The van der Waals surface area contributed by atoms with E-state index in [0.29, 0.717) is 0 Å². The van der Waals surface area contributed by atoms with Crippen LogP contribution in [0.1, 0.15) is 19.8 Å². The van der Waals surface area contributed by atoms with E-state index in [1.54, 1.807) is 0 Å². The zero-order valence-electron chi connectivity index (χ0n) is 12.4. The van der Waals surface area contributed by atoms with Crippen LogP contribution in [0.4, 0.5) is 30.7 Å². The molecule has 0 saturated heterocycles. The molecular formula is C13H15F7O4. The molecule has 1 N–H and O–H groups in total. The molecule has 0 aliphatic carbocycles. The minimum atomic E-state index is -4.47. The van der Waals surface area contributed by atoms with Gasteiger partial charge in [0.2, 0.25) is 0 Å². The molecule has 0 fully saturated rings. The number of carboxylic acid groups (broad SMARTS) is 1. The predicted octanol–water partition coefficient (Wildman–Crippen LogP) is 3.98. The fourth-order valence-corrected chi connectivity index (χ4v) is 0.804. The summed E-state index contributed by atoms with van der Waals surface area (Å²) in [4.78, 5) is 20.4.